The smallest absolute Gasteiger partial charge is 0.230 e. The fourth-order valence-corrected chi connectivity index (χ4v) is 3.00. The quantitative estimate of drug-likeness (QED) is 0.823. The molecule has 1 fully saturated rings. The minimum Gasteiger partial charge on any atom is -0.348 e. The Kier molecular flexibility index (Phi) is 4.55. The Morgan fingerprint density at radius 1 is 1.33 bits per heavy atom. The Hall–Kier alpha value is -1.82. The number of nitrogens with zero attached hydrogens (tertiary/aromatic N) is 2. The van der Waals surface area contributed by atoms with Crippen LogP contribution in [0, 0.1) is 5.92 Å². The van der Waals surface area contributed by atoms with E-state index in [1.807, 2.05) is 30.3 Å². The highest BCUT2D eigenvalue weighted by Gasteiger charge is 2.21. The molecule has 1 aliphatic rings. The number of hydrogen-bond donors (Lipinski definition) is 2. The van der Waals surface area contributed by atoms with Gasteiger partial charge in [-0.25, -0.2) is 4.98 Å². The molecule has 6 heteroatoms. The number of amides is 1. The van der Waals surface area contributed by atoms with Crippen molar-refractivity contribution < 1.29 is 4.79 Å². The van der Waals surface area contributed by atoms with Crippen LogP contribution in [0.4, 0.5) is 0 Å². The lowest BCUT2D eigenvalue weighted by atomic mass is 10.2. The average molecular weight is 302 g/mol. The third-order valence-corrected chi connectivity index (χ3v) is 4.47. The standard InChI is InChI=1S/C15H18N4OS/c20-14(10-21-9-11-6-7-11)16-8-13-17-15(19-18-13)12-4-2-1-3-5-12/h1-5,11H,6-10H2,(H,16,20)(H,17,18,19). The molecule has 3 rings (SSSR count). The summed E-state index contributed by atoms with van der Waals surface area (Å²) in [5.41, 5.74) is 0.964. The van der Waals surface area contributed by atoms with Crippen molar-refractivity contribution in [2.45, 2.75) is 19.4 Å². The van der Waals surface area contributed by atoms with Crippen LogP contribution in [0.25, 0.3) is 11.4 Å². The predicted molar refractivity (Wildman–Crippen MR) is 83.7 cm³/mol. The Labute approximate surface area is 127 Å². The molecule has 1 aromatic heterocycles. The molecule has 21 heavy (non-hydrogen) atoms. The highest BCUT2D eigenvalue weighted by atomic mass is 32.2. The summed E-state index contributed by atoms with van der Waals surface area (Å²) < 4.78 is 0. The lowest BCUT2D eigenvalue weighted by Gasteiger charge is -2.02. The summed E-state index contributed by atoms with van der Waals surface area (Å²) in [6.45, 7) is 0.392. The third-order valence-electron chi connectivity index (χ3n) is 3.30. The maximum absolute atomic E-state index is 11.7. The molecule has 2 N–H and O–H groups in total. The van der Waals surface area contributed by atoms with Gasteiger partial charge in [-0.3, -0.25) is 9.89 Å². The SMILES string of the molecule is O=C(CSCC1CC1)NCc1nc(-c2ccccc2)n[nH]1. The predicted octanol–water partition coefficient (Wildman–Crippen LogP) is 2.23. The lowest BCUT2D eigenvalue weighted by Crippen LogP contribution is -2.25. The lowest BCUT2D eigenvalue weighted by molar-refractivity contribution is -0.118. The van der Waals surface area contributed by atoms with Crippen molar-refractivity contribution in [3.63, 3.8) is 0 Å². The first-order valence-corrected chi connectivity index (χ1v) is 8.28. The van der Waals surface area contributed by atoms with Gasteiger partial charge in [-0.2, -0.15) is 16.9 Å². The molecule has 1 heterocycles. The van der Waals surface area contributed by atoms with Crippen LogP contribution in [0.5, 0.6) is 0 Å². The number of thioether (sulfide) groups is 1. The van der Waals surface area contributed by atoms with Crippen LogP contribution in [-0.2, 0) is 11.3 Å². The number of carbonyl (C=O) groups is 1. The summed E-state index contributed by atoms with van der Waals surface area (Å²) >= 11 is 1.71. The molecule has 0 saturated heterocycles. The molecule has 0 radical (unpaired) electrons. The van der Waals surface area contributed by atoms with E-state index >= 15 is 0 Å². The van der Waals surface area contributed by atoms with Crippen molar-refractivity contribution >= 4 is 17.7 Å². The molecule has 0 aliphatic heterocycles. The van der Waals surface area contributed by atoms with Gasteiger partial charge >= 0.3 is 0 Å². The Bertz CT molecular complexity index is 595. The second-order valence-electron chi connectivity index (χ2n) is 5.21. The highest BCUT2D eigenvalue weighted by molar-refractivity contribution is 7.99. The molecule has 0 unspecified atom stereocenters. The van der Waals surface area contributed by atoms with Gasteiger partial charge in [0.2, 0.25) is 5.91 Å². The number of carbonyl (C=O) groups excluding carboxylic acids is 1. The highest BCUT2D eigenvalue weighted by Crippen LogP contribution is 2.32. The largest absolute Gasteiger partial charge is 0.348 e. The molecule has 1 saturated carbocycles. The number of H-pyrrole nitrogens is 1. The number of aromatic nitrogens is 3. The molecule has 110 valence electrons. The van der Waals surface area contributed by atoms with E-state index in [0.29, 0.717) is 23.9 Å². The zero-order chi connectivity index (χ0) is 14.5. The maximum atomic E-state index is 11.7. The Morgan fingerprint density at radius 2 is 2.14 bits per heavy atom. The van der Waals surface area contributed by atoms with Crippen molar-refractivity contribution in [3.05, 3.63) is 36.2 Å². The van der Waals surface area contributed by atoms with Gasteiger partial charge in [0.25, 0.3) is 0 Å². The van der Waals surface area contributed by atoms with E-state index in [1.54, 1.807) is 11.8 Å². The van der Waals surface area contributed by atoms with Gasteiger partial charge in [-0.1, -0.05) is 30.3 Å². The van der Waals surface area contributed by atoms with Gasteiger partial charge in [-0.05, 0) is 24.5 Å². The monoisotopic (exact) mass is 302 g/mol. The molecule has 1 amide bonds. The van der Waals surface area contributed by atoms with Gasteiger partial charge in [0.1, 0.15) is 5.82 Å². The summed E-state index contributed by atoms with van der Waals surface area (Å²) in [7, 11) is 0. The van der Waals surface area contributed by atoms with E-state index in [9.17, 15) is 4.79 Å². The molecule has 0 spiro atoms. The zero-order valence-corrected chi connectivity index (χ0v) is 12.5. The van der Waals surface area contributed by atoms with Gasteiger partial charge in [0.05, 0.1) is 12.3 Å². The number of nitrogens with one attached hydrogen (secondary N) is 2. The number of rotatable bonds is 7. The van der Waals surface area contributed by atoms with Crippen LogP contribution in [-0.4, -0.2) is 32.6 Å². The summed E-state index contributed by atoms with van der Waals surface area (Å²) in [5.74, 6) is 3.87. The Morgan fingerprint density at radius 3 is 2.90 bits per heavy atom. The molecular weight excluding hydrogens is 284 g/mol. The maximum Gasteiger partial charge on any atom is 0.230 e. The number of aromatic amines is 1. The molecule has 1 aliphatic carbocycles. The van der Waals surface area contributed by atoms with Crippen LogP contribution in [0.1, 0.15) is 18.7 Å². The summed E-state index contributed by atoms with van der Waals surface area (Å²) in [6.07, 6.45) is 2.66. The minimum atomic E-state index is 0.0540. The Balaban J connectivity index is 1.44. The summed E-state index contributed by atoms with van der Waals surface area (Å²) in [5, 5.41) is 9.89. The van der Waals surface area contributed by atoms with Crippen LogP contribution >= 0.6 is 11.8 Å². The second kappa shape index (κ2) is 6.76. The van der Waals surface area contributed by atoms with E-state index in [4.69, 9.17) is 0 Å². The van der Waals surface area contributed by atoms with E-state index in [0.717, 1.165) is 17.2 Å². The molecule has 5 nitrogen and oxygen atoms in total. The third kappa shape index (κ3) is 4.32. The molecule has 1 aromatic carbocycles. The van der Waals surface area contributed by atoms with E-state index in [2.05, 4.69) is 20.5 Å². The average Bonchev–Trinajstić information content (AvgIpc) is 3.21. The fourth-order valence-electron chi connectivity index (χ4n) is 1.93. The van der Waals surface area contributed by atoms with Crippen LogP contribution in [0.3, 0.4) is 0 Å². The van der Waals surface area contributed by atoms with Crippen molar-refractivity contribution in [2.75, 3.05) is 11.5 Å². The van der Waals surface area contributed by atoms with Crippen molar-refractivity contribution in [2.24, 2.45) is 5.92 Å². The van der Waals surface area contributed by atoms with Gasteiger partial charge in [0.15, 0.2) is 5.82 Å². The topological polar surface area (TPSA) is 70.7 Å². The van der Waals surface area contributed by atoms with Gasteiger partial charge in [-0.15, -0.1) is 0 Å². The molecule has 2 aromatic rings. The molecule has 0 atom stereocenters. The first-order valence-electron chi connectivity index (χ1n) is 7.12. The number of hydrogen-bond acceptors (Lipinski definition) is 4. The van der Waals surface area contributed by atoms with E-state index < -0.39 is 0 Å². The molecule has 0 bridgehead atoms. The fraction of sp³-hybridized carbons (Fsp3) is 0.400. The van der Waals surface area contributed by atoms with Gasteiger partial charge < -0.3 is 5.32 Å². The zero-order valence-electron chi connectivity index (χ0n) is 11.7. The van der Waals surface area contributed by atoms with Gasteiger partial charge in [0, 0.05) is 5.56 Å². The normalized spacial score (nSPS) is 14.1. The first kappa shape index (κ1) is 14.1. The summed E-state index contributed by atoms with van der Waals surface area (Å²) in [4.78, 5) is 16.1. The second-order valence-corrected chi connectivity index (χ2v) is 6.24. The van der Waals surface area contributed by atoms with Crippen LogP contribution < -0.4 is 5.32 Å². The van der Waals surface area contributed by atoms with E-state index in [1.165, 1.54) is 12.8 Å². The number of benzene rings is 1. The first-order chi connectivity index (χ1) is 10.3. The minimum absolute atomic E-state index is 0.0540. The van der Waals surface area contributed by atoms with Crippen LogP contribution in [0.2, 0.25) is 0 Å². The van der Waals surface area contributed by atoms with Crippen molar-refractivity contribution in [1.82, 2.24) is 20.5 Å². The van der Waals surface area contributed by atoms with Crippen molar-refractivity contribution in [1.29, 1.82) is 0 Å². The summed E-state index contributed by atoms with van der Waals surface area (Å²) in [6, 6.07) is 9.77. The molecular formula is C15H18N4OS. The van der Waals surface area contributed by atoms with Crippen LogP contribution in [0.15, 0.2) is 30.3 Å². The van der Waals surface area contributed by atoms with Crippen molar-refractivity contribution in [3.8, 4) is 11.4 Å². The van der Waals surface area contributed by atoms with E-state index in [-0.39, 0.29) is 5.91 Å².